The van der Waals surface area contributed by atoms with Gasteiger partial charge in [-0.1, -0.05) is 35.7 Å². The van der Waals surface area contributed by atoms with Gasteiger partial charge in [-0.25, -0.2) is 0 Å². The Labute approximate surface area is 123 Å². The Balaban J connectivity index is 2.27. The van der Waals surface area contributed by atoms with Gasteiger partial charge in [-0.15, -0.1) is 0 Å². The van der Waals surface area contributed by atoms with Crippen LogP contribution in [0.15, 0.2) is 18.2 Å². The van der Waals surface area contributed by atoms with Crippen LogP contribution in [-0.2, 0) is 10.2 Å². The fraction of sp³-hybridized carbons (Fsp3) is 0.500. The van der Waals surface area contributed by atoms with Gasteiger partial charge in [0.25, 0.3) is 0 Å². The summed E-state index contributed by atoms with van der Waals surface area (Å²) < 4.78 is 0. The summed E-state index contributed by atoms with van der Waals surface area (Å²) in [4.78, 5) is 12.5. The van der Waals surface area contributed by atoms with Crippen molar-refractivity contribution in [3.05, 3.63) is 33.8 Å². The van der Waals surface area contributed by atoms with Crippen LogP contribution in [0.5, 0.6) is 0 Å². The van der Waals surface area contributed by atoms with Gasteiger partial charge < -0.3 is 11.1 Å². The number of benzene rings is 1. The van der Waals surface area contributed by atoms with E-state index < -0.39 is 5.41 Å². The summed E-state index contributed by atoms with van der Waals surface area (Å²) in [6, 6.07) is 5.42. The van der Waals surface area contributed by atoms with Gasteiger partial charge in [0.1, 0.15) is 0 Å². The molecule has 0 saturated heterocycles. The normalized spacial score (nSPS) is 18.5. The van der Waals surface area contributed by atoms with Gasteiger partial charge in [0.15, 0.2) is 0 Å². The molecule has 1 amide bonds. The molecule has 1 aliphatic rings. The molecule has 1 aromatic rings. The van der Waals surface area contributed by atoms with Gasteiger partial charge in [0, 0.05) is 12.6 Å². The third-order valence-electron chi connectivity index (χ3n) is 3.84. The van der Waals surface area contributed by atoms with Crippen LogP contribution in [0.2, 0.25) is 10.0 Å². The molecule has 3 nitrogen and oxygen atoms in total. The topological polar surface area (TPSA) is 55.1 Å². The van der Waals surface area contributed by atoms with Gasteiger partial charge in [-0.3, -0.25) is 4.79 Å². The number of nitrogens with one attached hydrogen (secondary N) is 1. The number of amides is 1. The van der Waals surface area contributed by atoms with Crippen molar-refractivity contribution in [2.75, 3.05) is 6.54 Å². The summed E-state index contributed by atoms with van der Waals surface area (Å²) in [5.74, 6) is 0.0371. The second kappa shape index (κ2) is 5.70. The molecule has 0 radical (unpaired) electrons. The average molecular weight is 301 g/mol. The van der Waals surface area contributed by atoms with E-state index in [-0.39, 0.29) is 11.9 Å². The van der Waals surface area contributed by atoms with Crippen molar-refractivity contribution >= 4 is 29.1 Å². The lowest BCUT2D eigenvalue weighted by Gasteiger charge is -2.41. The van der Waals surface area contributed by atoms with E-state index in [1.54, 1.807) is 12.1 Å². The molecular weight excluding hydrogens is 283 g/mol. The van der Waals surface area contributed by atoms with Gasteiger partial charge in [0.05, 0.1) is 15.5 Å². The van der Waals surface area contributed by atoms with E-state index >= 15 is 0 Å². The van der Waals surface area contributed by atoms with Crippen molar-refractivity contribution in [1.29, 1.82) is 0 Å². The van der Waals surface area contributed by atoms with Gasteiger partial charge >= 0.3 is 0 Å². The van der Waals surface area contributed by atoms with E-state index in [1.165, 1.54) is 0 Å². The minimum absolute atomic E-state index is 0.0206. The van der Waals surface area contributed by atoms with Crippen molar-refractivity contribution in [2.45, 2.75) is 37.6 Å². The minimum atomic E-state index is -0.461. The van der Waals surface area contributed by atoms with Crippen molar-refractivity contribution in [1.82, 2.24) is 5.32 Å². The second-order valence-corrected chi connectivity index (χ2v) is 5.99. The molecule has 1 saturated carbocycles. The number of rotatable bonds is 4. The fourth-order valence-electron chi connectivity index (χ4n) is 2.39. The highest BCUT2D eigenvalue weighted by molar-refractivity contribution is 6.42. The van der Waals surface area contributed by atoms with E-state index in [1.807, 2.05) is 13.0 Å². The van der Waals surface area contributed by atoms with E-state index in [9.17, 15) is 4.79 Å². The summed E-state index contributed by atoms with van der Waals surface area (Å²) in [5.41, 5.74) is 6.03. The van der Waals surface area contributed by atoms with E-state index in [4.69, 9.17) is 28.9 Å². The first kappa shape index (κ1) is 14.6. The molecule has 1 fully saturated rings. The Bertz CT molecular complexity index is 486. The standard InChI is InChI=1S/C14H18Cl2N2O/c1-9(8-17)18-13(19)14(5-2-6-14)10-3-4-11(15)12(16)7-10/h3-4,7,9H,2,5-6,8,17H2,1H3,(H,18,19)/t9-/m0/s1. The number of carbonyl (C=O) groups is 1. The lowest BCUT2D eigenvalue weighted by molar-refractivity contribution is -0.130. The Morgan fingerprint density at radius 3 is 2.58 bits per heavy atom. The molecule has 0 spiro atoms. The molecule has 3 N–H and O–H groups in total. The van der Waals surface area contributed by atoms with Crippen molar-refractivity contribution < 1.29 is 4.79 Å². The molecule has 19 heavy (non-hydrogen) atoms. The zero-order chi connectivity index (χ0) is 14.0. The zero-order valence-electron chi connectivity index (χ0n) is 10.9. The number of halogens is 2. The molecule has 104 valence electrons. The summed E-state index contributed by atoms with van der Waals surface area (Å²) in [7, 11) is 0. The molecule has 5 heteroatoms. The molecular formula is C14H18Cl2N2O. The fourth-order valence-corrected chi connectivity index (χ4v) is 2.69. The van der Waals surface area contributed by atoms with E-state index in [0.29, 0.717) is 16.6 Å². The largest absolute Gasteiger partial charge is 0.352 e. The first-order valence-electron chi connectivity index (χ1n) is 6.46. The van der Waals surface area contributed by atoms with Crippen LogP contribution in [-0.4, -0.2) is 18.5 Å². The third-order valence-corrected chi connectivity index (χ3v) is 4.58. The van der Waals surface area contributed by atoms with Crippen LogP contribution in [0.1, 0.15) is 31.7 Å². The monoisotopic (exact) mass is 300 g/mol. The average Bonchev–Trinajstić information content (AvgIpc) is 2.32. The van der Waals surface area contributed by atoms with Crippen LogP contribution < -0.4 is 11.1 Å². The van der Waals surface area contributed by atoms with Gasteiger partial charge in [-0.2, -0.15) is 0 Å². The third kappa shape index (κ3) is 2.73. The second-order valence-electron chi connectivity index (χ2n) is 5.17. The smallest absolute Gasteiger partial charge is 0.230 e. The lowest BCUT2D eigenvalue weighted by Crippen LogP contribution is -2.52. The Hall–Kier alpha value is -0.770. The Kier molecular flexibility index (Phi) is 4.39. The van der Waals surface area contributed by atoms with Crippen LogP contribution in [0, 0.1) is 0 Å². The maximum Gasteiger partial charge on any atom is 0.230 e. The molecule has 1 aliphatic carbocycles. The summed E-state index contributed by atoms with van der Waals surface area (Å²) in [6.07, 6.45) is 2.73. The molecule has 2 rings (SSSR count). The van der Waals surface area contributed by atoms with Gasteiger partial charge in [-0.05, 0) is 37.5 Å². The Morgan fingerprint density at radius 2 is 2.11 bits per heavy atom. The molecule has 0 aliphatic heterocycles. The quantitative estimate of drug-likeness (QED) is 0.898. The first-order valence-corrected chi connectivity index (χ1v) is 7.22. The zero-order valence-corrected chi connectivity index (χ0v) is 12.4. The molecule has 0 unspecified atom stereocenters. The van der Waals surface area contributed by atoms with Gasteiger partial charge in [0.2, 0.25) is 5.91 Å². The van der Waals surface area contributed by atoms with Crippen LogP contribution in [0.25, 0.3) is 0 Å². The molecule has 0 aromatic heterocycles. The highest BCUT2D eigenvalue weighted by atomic mass is 35.5. The minimum Gasteiger partial charge on any atom is -0.352 e. The maximum atomic E-state index is 12.5. The summed E-state index contributed by atoms with van der Waals surface area (Å²) >= 11 is 12.0. The van der Waals surface area contributed by atoms with E-state index in [0.717, 1.165) is 24.8 Å². The summed E-state index contributed by atoms with van der Waals surface area (Å²) in [5, 5.41) is 3.97. The molecule has 0 heterocycles. The van der Waals surface area contributed by atoms with Crippen LogP contribution in [0.4, 0.5) is 0 Å². The van der Waals surface area contributed by atoms with Crippen molar-refractivity contribution in [3.8, 4) is 0 Å². The predicted octanol–water partition coefficient (Wildman–Crippen LogP) is 2.88. The number of hydrogen-bond acceptors (Lipinski definition) is 2. The van der Waals surface area contributed by atoms with Crippen LogP contribution >= 0.6 is 23.2 Å². The number of nitrogens with two attached hydrogens (primary N) is 1. The number of hydrogen-bond donors (Lipinski definition) is 2. The first-order chi connectivity index (χ1) is 8.99. The van der Waals surface area contributed by atoms with Crippen molar-refractivity contribution in [3.63, 3.8) is 0 Å². The predicted molar refractivity (Wildman–Crippen MR) is 78.7 cm³/mol. The van der Waals surface area contributed by atoms with Crippen molar-refractivity contribution in [2.24, 2.45) is 5.73 Å². The SMILES string of the molecule is C[C@@H](CN)NC(=O)C1(c2ccc(Cl)c(Cl)c2)CCC1. The lowest BCUT2D eigenvalue weighted by atomic mass is 9.63. The highest BCUT2D eigenvalue weighted by Crippen LogP contribution is 2.45. The number of carbonyl (C=O) groups excluding carboxylic acids is 1. The Morgan fingerprint density at radius 1 is 1.42 bits per heavy atom. The molecule has 1 aromatic carbocycles. The summed E-state index contributed by atoms with van der Waals surface area (Å²) in [6.45, 7) is 2.34. The highest BCUT2D eigenvalue weighted by Gasteiger charge is 2.45. The molecule has 0 bridgehead atoms. The van der Waals surface area contributed by atoms with E-state index in [2.05, 4.69) is 5.32 Å². The molecule has 1 atom stereocenters. The van der Waals surface area contributed by atoms with Crippen LogP contribution in [0.3, 0.4) is 0 Å². The maximum absolute atomic E-state index is 12.5.